The summed E-state index contributed by atoms with van der Waals surface area (Å²) in [5.41, 5.74) is 1.58. The predicted octanol–water partition coefficient (Wildman–Crippen LogP) is 3.94. The number of para-hydroxylation sites is 2. The molecule has 2 heterocycles. The van der Waals surface area contributed by atoms with E-state index >= 15 is 0 Å². The second-order valence-corrected chi connectivity index (χ2v) is 6.18. The minimum atomic E-state index is -0.351. The Morgan fingerprint density at radius 2 is 2.04 bits per heavy atom. The van der Waals surface area contributed by atoms with Crippen molar-refractivity contribution < 1.29 is 13.5 Å². The molecule has 4 nitrogen and oxygen atoms in total. The first kappa shape index (κ1) is 15.8. The van der Waals surface area contributed by atoms with Gasteiger partial charge >= 0.3 is 5.63 Å². The summed E-state index contributed by atoms with van der Waals surface area (Å²) in [5.74, 6) is -0.0422. The Bertz CT molecular complexity index is 967. The van der Waals surface area contributed by atoms with Crippen LogP contribution in [-0.2, 0) is 6.54 Å². The molecule has 1 N–H and O–H groups in total. The summed E-state index contributed by atoms with van der Waals surface area (Å²) < 4.78 is 24.9. The van der Waals surface area contributed by atoms with Gasteiger partial charge in [0.15, 0.2) is 11.6 Å². The van der Waals surface area contributed by atoms with Crippen molar-refractivity contribution in [3.63, 3.8) is 0 Å². The van der Waals surface area contributed by atoms with Crippen LogP contribution >= 0.6 is 0 Å². The first-order valence-electron chi connectivity index (χ1n) is 8.39. The van der Waals surface area contributed by atoms with Crippen LogP contribution in [0.1, 0.15) is 30.0 Å². The van der Waals surface area contributed by atoms with E-state index < -0.39 is 0 Å². The van der Waals surface area contributed by atoms with E-state index in [1.54, 1.807) is 12.1 Å². The molecule has 1 unspecified atom stereocenters. The van der Waals surface area contributed by atoms with Gasteiger partial charge < -0.3 is 14.5 Å². The third-order valence-electron chi connectivity index (χ3n) is 4.51. The Kier molecular flexibility index (Phi) is 4.24. The molecule has 0 saturated heterocycles. The number of ether oxygens (including phenoxy) is 1. The molecule has 1 aliphatic rings. The van der Waals surface area contributed by atoms with Crippen LogP contribution in [0.2, 0.25) is 0 Å². The summed E-state index contributed by atoms with van der Waals surface area (Å²) in [4.78, 5) is 12.2. The summed E-state index contributed by atoms with van der Waals surface area (Å²) in [5, 5.41) is 4.24. The zero-order valence-corrected chi connectivity index (χ0v) is 13.6. The highest BCUT2D eigenvalue weighted by atomic mass is 19.1. The molecular weight excluding hydrogens is 321 g/mol. The fraction of sp³-hybridized carbons (Fsp3) is 0.250. The molecule has 25 heavy (non-hydrogen) atoms. The van der Waals surface area contributed by atoms with Crippen molar-refractivity contribution in [1.29, 1.82) is 0 Å². The second-order valence-electron chi connectivity index (χ2n) is 6.18. The molecule has 3 aromatic rings. The van der Waals surface area contributed by atoms with Gasteiger partial charge in [0.1, 0.15) is 5.58 Å². The van der Waals surface area contributed by atoms with E-state index in [2.05, 4.69) is 5.32 Å². The highest BCUT2D eigenvalue weighted by Gasteiger charge is 2.22. The second kappa shape index (κ2) is 6.69. The lowest BCUT2D eigenvalue weighted by Crippen LogP contribution is -2.24. The van der Waals surface area contributed by atoms with Crippen molar-refractivity contribution in [1.82, 2.24) is 5.32 Å². The Labute approximate surface area is 144 Å². The smallest absolute Gasteiger partial charge is 0.340 e. The molecule has 1 aromatic heterocycles. The van der Waals surface area contributed by atoms with Crippen LogP contribution in [-0.4, -0.2) is 6.61 Å². The lowest BCUT2D eigenvalue weighted by molar-refractivity contribution is 0.300. The van der Waals surface area contributed by atoms with E-state index in [0.29, 0.717) is 30.0 Å². The number of hydrogen-bond acceptors (Lipinski definition) is 4. The van der Waals surface area contributed by atoms with Crippen molar-refractivity contribution >= 4 is 11.0 Å². The number of halogens is 1. The molecule has 128 valence electrons. The van der Waals surface area contributed by atoms with E-state index in [1.807, 2.05) is 30.3 Å². The number of benzene rings is 2. The number of fused-ring (bicyclic) bond motifs is 2. The molecule has 5 heteroatoms. The van der Waals surface area contributed by atoms with Gasteiger partial charge in [-0.25, -0.2) is 9.18 Å². The molecule has 0 fully saturated rings. The van der Waals surface area contributed by atoms with Gasteiger partial charge in [0, 0.05) is 23.5 Å². The van der Waals surface area contributed by atoms with Crippen molar-refractivity contribution in [2.45, 2.75) is 25.4 Å². The average molecular weight is 339 g/mol. The Balaban J connectivity index is 1.61. The summed E-state index contributed by atoms with van der Waals surface area (Å²) in [7, 11) is 0. The summed E-state index contributed by atoms with van der Waals surface area (Å²) >= 11 is 0. The van der Waals surface area contributed by atoms with Gasteiger partial charge in [-0.1, -0.05) is 30.3 Å². The molecule has 0 saturated carbocycles. The fourth-order valence-corrected chi connectivity index (χ4v) is 3.24. The summed E-state index contributed by atoms with van der Waals surface area (Å²) in [6, 6.07) is 14.1. The highest BCUT2D eigenvalue weighted by molar-refractivity contribution is 5.76. The van der Waals surface area contributed by atoms with E-state index in [1.165, 1.54) is 6.07 Å². The fourth-order valence-electron chi connectivity index (χ4n) is 3.24. The topological polar surface area (TPSA) is 51.5 Å². The molecular formula is C20H18FNO3. The SMILES string of the molecule is O=c1oc2ccccc2cc1CNC1CCCOc2c(F)cccc21. The van der Waals surface area contributed by atoms with Gasteiger partial charge in [-0.2, -0.15) is 0 Å². The maximum atomic E-state index is 14.0. The van der Waals surface area contributed by atoms with Gasteiger partial charge in [0.2, 0.25) is 0 Å². The first-order valence-corrected chi connectivity index (χ1v) is 8.39. The molecule has 0 bridgehead atoms. The van der Waals surface area contributed by atoms with Gasteiger partial charge in [-0.05, 0) is 31.0 Å². The highest BCUT2D eigenvalue weighted by Crippen LogP contribution is 2.33. The standard InChI is InChI=1S/C20H18FNO3/c21-16-7-3-6-15-17(8-4-10-24-19(15)16)22-12-14-11-13-5-1-2-9-18(13)25-20(14)23/h1-3,5-7,9,11,17,22H,4,8,10,12H2. The monoisotopic (exact) mass is 339 g/mol. The Morgan fingerprint density at radius 3 is 2.96 bits per heavy atom. The third kappa shape index (κ3) is 3.15. The van der Waals surface area contributed by atoms with E-state index in [-0.39, 0.29) is 17.5 Å². The normalized spacial score (nSPS) is 16.9. The van der Waals surface area contributed by atoms with E-state index in [4.69, 9.17) is 9.15 Å². The zero-order chi connectivity index (χ0) is 17.2. The molecule has 2 aromatic carbocycles. The van der Waals surface area contributed by atoms with Crippen LogP contribution in [0.25, 0.3) is 11.0 Å². The molecule has 4 rings (SSSR count). The van der Waals surface area contributed by atoms with Crippen LogP contribution in [0.5, 0.6) is 5.75 Å². The largest absolute Gasteiger partial charge is 0.490 e. The number of hydrogen-bond donors (Lipinski definition) is 1. The van der Waals surface area contributed by atoms with Crippen molar-refractivity contribution in [2.24, 2.45) is 0 Å². The van der Waals surface area contributed by atoms with Crippen molar-refractivity contribution in [3.8, 4) is 5.75 Å². The van der Waals surface area contributed by atoms with Crippen molar-refractivity contribution in [2.75, 3.05) is 6.61 Å². The molecule has 0 amide bonds. The van der Waals surface area contributed by atoms with Crippen molar-refractivity contribution in [3.05, 3.63) is 75.9 Å². The van der Waals surface area contributed by atoms with Crippen LogP contribution in [0, 0.1) is 5.82 Å². The van der Waals surface area contributed by atoms with Crippen LogP contribution < -0.4 is 15.7 Å². The lowest BCUT2D eigenvalue weighted by Gasteiger charge is -2.18. The van der Waals surface area contributed by atoms with Gasteiger partial charge in [-0.15, -0.1) is 0 Å². The Hall–Kier alpha value is -2.66. The van der Waals surface area contributed by atoms with Crippen LogP contribution in [0.15, 0.2) is 57.7 Å². The van der Waals surface area contributed by atoms with Gasteiger partial charge in [0.25, 0.3) is 0 Å². The molecule has 0 radical (unpaired) electrons. The lowest BCUT2D eigenvalue weighted by atomic mass is 10.0. The number of rotatable bonds is 3. The molecule has 1 atom stereocenters. The van der Waals surface area contributed by atoms with Gasteiger partial charge in [0.05, 0.1) is 12.2 Å². The first-order chi connectivity index (χ1) is 12.2. The minimum absolute atomic E-state index is 0.0703. The van der Waals surface area contributed by atoms with Crippen LogP contribution in [0.3, 0.4) is 0 Å². The quantitative estimate of drug-likeness (QED) is 0.735. The molecule has 0 aliphatic carbocycles. The maximum absolute atomic E-state index is 14.0. The number of nitrogens with one attached hydrogen (secondary N) is 1. The minimum Gasteiger partial charge on any atom is -0.490 e. The maximum Gasteiger partial charge on any atom is 0.340 e. The predicted molar refractivity (Wildman–Crippen MR) is 93.2 cm³/mol. The van der Waals surface area contributed by atoms with Gasteiger partial charge in [-0.3, -0.25) is 0 Å². The third-order valence-corrected chi connectivity index (χ3v) is 4.51. The van der Waals surface area contributed by atoms with E-state index in [0.717, 1.165) is 23.8 Å². The average Bonchev–Trinajstić information content (AvgIpc) is 2.83. The molecule has 1 aliphatic heterocycles. The summed E-state index contributed by atoms with van der Waals surface area (Å²) in [6.07, 6.45) is 1.63. The zero-order valence-electron chi connectivity index (χ0n) is 13.6. The van der Waals surface area contributed by atoms with E-state index in [9.17, 15) is 9.18 Å². The molecule has 0 spiro atoms. The Morgan fingerprint density at radius 1 is 1.16 bits per heavy atom. The summed E-state index contributed by atoms with van der Waals surface area (Å²) in [6.45, 7) is 0.845. The van der Waals surface area contributed by atoms with Crippen LogP contribution in [0.4, 0.5) is 4.39 Å².